The lowest BCUT2D eigenvalue weighted by molar-refractivity contribution is -0.142. The van der Waals surface area contributed by atoms with Gasteiger partial charge in [0.05, 0.1) is 11.8 Å². The lowest BCUT2D eigenvalue weighted by Gasteiger charge is -2.38. The second kappa shape index (κ2) is 5.79. The van der Waals surface area contributed by atoms with Crippen LogP contribution in [0.3, 0.4) is 0 Å². The van der Waals surface area contributed by atoms with Crippen molar-refractivity contribution in [3.8, 4) is 0 Å². The SMILES string of the molecule is Cc1ccc(NC(=O)CN2C(=O)C3C4C=CC(CC4)C3C2=O)cc1F. The van der Waals surface area contributed by atoms with Crippen molar-refractivity contribution < 1.29 is 18.8 Å². The molecular weight excluding hydrogens is 323 g/mol. The van der Waals surface area contributed by atoms with Gasteiger partial charge in [0.2, 0.25) is 17.7 Å². The van der Waals surface area contributed by atoms with Crippen LogP contribution in [-0.4, -0.2) is 29.2 Å². The normalized spacial score (nSPS) is 29.9. The number of fused-ring (bicyclic) bond motifs is 1. The number of allylic oxidation sites excluding steroid dienone is 2. The van der Waals surface area contributed by atoms with Crippen LogP contribution in [0.2, 0.25) is 0 Å². The van der Waals surface area contributed by atoms with Gasteiger partial charge in [-0.2, -0.15) is 0 Å². The van der Waals surface area contributed by atoms with Gasteiger partial charge in [-0.1, -0.05) is 18.2 Å². The third-order valence-corrected chi connectivity index (χ3v) is 5.61. The second-order valence-corrected chi connectivity index (χ2v) is 7.12. The summed E-state index contributed by atoms with van der Waals surface area (Å²) in [6, 6.07) is 4.38. The third kappa shape index (κ3) is 2.56. The summed E-state index contributed by atoms with van der Waals surface area (Å²) in [5.41, 5.74) is 0.793. The summed E-state index contributed by atoms with van der Waals surface area (Å²) in [5, 5.41) is 2.56. The predicted octanol–water partition coefficient (Wildman–Crippen LogP) is 2.27. The predicted molar refractivity (Wildman–Crippen MR) is 88.8 cm³/mol. The highest BCUT2D eigenvalue weighted by molar-refractivity contribution is 6.09. The molecule has 6 heteroatoms. The van der Waals surface area contributed by atoms with Gasteiger partial charge in [-0.25, -0.2) is 4.39 Å². The van der Waals surface area contributed by atoms with Gasteiger partial charge in [-0.05, 0) is 49.3 Å². The highest BCUT2D eigenvalue weighted by atomic mass is 19.1. The van der Waals surface area contributed by atoms with Crippen molar-refractivity contribution >= 4 is 23.4 Å². The lowest BCUT2D eigenvalue weighted by atomic mass is 9.63. The van der Waals surface area contributed by atoms with Gasteiger partial charge in [-0.15, -0.1) is 0 Å². The number of halogens is 1. The number of carbonyl (C=O) groups is 3. The molecule has 4 unspecified atom stereocenters. The highest BCUT2D eigenvalue weighted by Gasteiger charge is 2.56. The van der Waals surface area contributed by atoms with E-state index in [-0.39, 0.29) is 42.0 Å². The highest BCUT2D eigenvalue weighted by Crippen LogP contribution is 2.49. The molecule has 1 N–H and O–H groups in total. The van der Waals surface area contributed by atoms with Crippen LogP contribution in [0.4, 0.5) is 10.1 Å². The van der Waals surface area contributed by atoms with Crippen LogP contribution < -0.4 is 5.32 Å². The number of amides is 3. The van der Waals surface area contributed by atoms with Crippen LogP contribution in [0.15, 0.2) is 30.4 Å². The van der Waals surface area contributed by atoms with Gasteiger partial charge in [-0.3, -0.25) is 19.3 Å². The van der Waals surface area contributed by atoms with E-state index in [2.05, 4.69) is 5.32 Å². The molecule has 1 saturated carbocycles. The van der Waals surface area contributed by atoms with Crippen LogP contribution in [0, 0.1) is 36.4 Å². The first kappa shape index (κ1) is 16.0. The number of rotatable bonds is 3. The molecule has 1 saturated heterocycles. The lowest BCUT2D eigenvalue weighted by Crippen LogP contribution is -2.38. The van der Waals surface area contributed by atoms with E-state index in [4.69, 9.17) is 0 Å². The third-order valence-electron chi connectivity index (χ3n) is 5.61. The first-order valence-electron chi connectivity index (χ1n) is 8.55. The maximum Gasteiger partial charge on any atom is 0.244 e. The van der Waals surface area contributed by atoms with Gasteiger partial charge in [0.15, 0.2) is 0 Å². The first-order valence-corrected chi connectivity index (χ1v) is 8.55. The molecular formula is C19H19FN2O3. The molecule has 130 valence electrons. The van der Waals surface area contributed by atoms with E-state index in [0.29, 0.717) is 11.3 Å². The minimum absolute atomic E-state index is 0.103. The molecule has 3 aliphatic carbocycles. The Bertz CT molecular complexity index is 772. The number of nitrogens with one attached hydrogen (secondary N) is 1. The quantitative estimate of drug-likeness (QED) is 0.677. The number of aryl methyl sites for hydroxylation is 1. The van der Waals surface area contributed by atoms with Crippen molar-refractivity contribution in [3.63, 3.8) is 0 Å². The summed E-state index contributed by atoms with van der Waals surface area (Å²) in [6.07, 6.45) is 5.92. The number of hydrogen-bond donors (Lipinski definition) is 1. The van der Waals surface area contributed by atoms with E-state index >= 15 is 0 Å². The summed E-state index contributed by atoms with van der Waals surface area (Å²) in [4.78, 5) is 38.6. The molecule has 0 spiro atoms. The van der Waals surface area contributed by atoms with Crippen molar-refractivity contribution in [2.24, 2.45) is 23.7 Å². The molecule has 4 aliphatic rings. The van der Waals surface area contributed by atoms with E-state index in [1.165, 1.54) is 6.07 Å². The minimum atomic E-state index is -0.496. The summed E-state index contributed by atoms with van der Waals surface area (Å²) < 4.78 is 13.6. The summed E-state index contributed by atoms with van der Waals surface area (Å²) in [7, 11) is 0. The zero-order valence-electron chi connectivity index (χ0n) is 13.9. The number of likely N-dealkylation sites (tertiary alicyclic amines) is 1. The van der Waals surface area contributed by atoms with Crippen molar-refractivity contribution in [3.05, 3.63) is 41.7 Å². The van der Waals surface area contributed by atoms with Crippen LogP contribution in [0.25, 0.3) is 0 Å². The van der Waals surface area contributed by atoms with E-state index in [0.717, 1.165) is 17.7 Å². The van der Waals surface area contributed by atoms with Crippen molar-refractivity contribution in [2.45, 2.75) is 19.8 Å². The number of carbonyl (C=O) groups excluding carboxylic acids is 3. The van der Waals surface area contributed by atoms with Gasteiger partial charge >= 0.3 is 0 Å². The van der Waals surface area contributed by atoms with E-state index in [9.17, 15) is 18.8 Å². The molecule has 0 radical (unpaired) electrons. The Kier molecular flexibility index (Phi) is 3.71. The number of hydrogen-bond acceptors (Lipinski definition) is 3. The van der Waals surface area contributed by atoms with Gasteiger partial charge in [0.25, 0.3) is 0 Å². The molecule has 1 aliphatic heterocycles. The minimum Gasteiger partial charge on any atom is -0.324 e. The number of imide groups is 1. The number of anilines is 1. The standard InChI is InChI=1S/C19H19FN2O3/c1-10-2-7-13(8-14(10)20)21-15(23)9-22-18(24)16-11-3-4-12(6-5-11)17(16)19(22)25/h2-4,7-8,11-12,16-17H,5-6,9H2,1H3,(H,21,23). The molecule has 2 bridgehead atoms. The molecule has 5 rings (SSSR count). The van der Waals surface area contributed by atoms with Crippen LogP contribution >= 0.6 is 0 Å². The largest absolute Gasteiger partial charge is 0.324 e. The summed E-state index contributed by atoms with van der Waals surface area (Å²) in [5.74, 6) is -1.85. The van der Waals surface area contributed by atoms with Gasteiger partial charge in [0.1, 0.15) is 12.4 Å². The molecule has 3 amide bonds. The zero-order chi connectivity index (χ0) is 17.7. The monoisotopic (exact) mass is 342 g/mol. The summed E-state index contributed by atoms with van der Waals surface area (Å²) >= 11 is 0. The molecule has 1 aromatic carbocycles. The molecule has 4 atom stereocenters. The molecule has 1 heterocycles. The molecule has 1 aromatic rings. The Morgan fingerprint density at radius 1 is 1.16 bits per heavy atom. The van der Waals surface area contributed by atoms with Crippen molar-refractivity contribution in [1.29, 1.82) is 0 Å². The Morgan fingerprint density at radius 2 is 1.76 bits per heavy atom. The molecule has 25 heavy (non-hydrogen) atoms. The van der Waals surface area contributed by atoms with Crippen LogP contribution in [-0.2, 0) is 14.4 Å². The number of benzene rings is 1. The average molecular weight is 342 g/mol. The van der Waals surface area contributed by atoms with E-state index < -0.39 is 11.7 Å². The molecule has 5 nitrogen and oxygen atoms in total. The maximum absolute atomic E-state index is 13.6. The maximum atomic E-state index is 13.6. The fraction of sp³-hybridized carbons (Fsp3) is 0.421. The fourth-order valence-corrected chi connectivity index (χ4v) is 4.31. The fourth-order valence-electron chi connectivity index (χ4n) is 4.31. The summed E-state index contributed by atoms with van der Waals surface area (Å²) in [6.45, 7) is 1.31. The Labute approximate surface area is 144 Å². The van der Waals surface area contributed by atoms with Gasteiger partial charge < -0.3 is 5.32 Å². The van der Waals surface area contributed by atoms with E-state index in [1.54, 1.807) is 19.1 Å². The zero-order valence-corrected chi connectivity index (χ0v) is 13.9. The van der Waals surface area contributed by atoms with Gasteiger partial charge in [0, 0.05) is 5.69 Å². The number of nitrogens with zero attached hydrogens (tertiary/aromatic N) is 1. The van der Waals surface area contributed by atoms with Crippen molar-refractivity contribution in [1.82, 2.24) is 4.90 Å². The van der Waals surface area contributed by atoms with E-state index in [1.807, 2.05) is 12.2 Å². The van der Waals surface area contributed by atoms with Crippen LogP contribution in [0.1, 0.15) is 18.4 Å². The Morgan fingerprint density at radius 3 is 2.28 bits per heavy atom. The van der Waals surface area contributed by atoms with Crippen LogP contribution in [0.5, 0.6) is 0 Å². The smallest absolute Gasteiger partial charge is 0.244 e. The Hall–Kier alpha value is -2.50. The average Bonchev–Trinajstić information content (AvgIpc) is 2.86. The Balaban J connectivity index is 1.47. The second-order valence-electron chi connectivity index (χ2n) is 7.12. The topological polar surface area (TPSA) is 66.5 Å². The molecule has 2 fully saturated rings. The van der Waals surface area contributed by atoms with Crippen molar-refractivity contribution in [2.75, 3.05) is 11.9 Å². The first-order chi connectivity index (χ1) is 12.0. The molecule has 0 aromatic heterocycles.